The largest absolute Gasteiger partial charge is 0.508 e. The second-order valence-corrected chi connectivity index (χ2v) is 4.74. The highest BCUT2D eigenvalue weighted by Crippen LogP contribution is 2.37. The van der Waals surface area contributed by atoms with Crippen LogP contribution in [0.25, 0.3) is 0 Å². The zero-order valence-corrected chi connectivity index (χ0v) is 10.4. The SMILES string of the molecule is O=C1c2ccc(O)cc2OC1(O)Cc1ccc(O)cc1. The van der Waals surface area contributed by atoms with E-state index < -0.39 is 11.6 Å². The molecule has 0 fully saturated rings. The molecule has 102 valence electrons. The summed E-state index contributed by atoms with van der Waals surface area (Å²) >= 11 is 0. The van der Waals surface area contributed by atoms with Crippen molar-refractivity contribution in [2.24, 2.45) is 0 Å². The van der Waals surface area contributed by atoms with Crippen molar-refractivity contribution in [3.05, 3.63) is 53.6 Å². The summed E-state index contributed by atoms with van der Waals surface area (Å²) in [5.74, 6) is -2.29. The van der Waals surface area contributed by atoms with Crippen molar-refractivity contribution in [3.8, 4) is 17.2 Å². The molecule has 1 aliphatic rings. The van der Waals surface area contributed by atoms with E-state index in [4.69, 9.17) is 4.74 Å². The summed E-state index contributed by atoms with van der Waals surface area (Å²) < 4.78 is 5.31. The number of rotatable bonds is 2. The van der Waals surface area contributed by atoms with Gasteiger partial charge in [-0.1, -0.05) is 12.1 Å². The van der Waals surface area contributed by atoms with Crippen molar-refractivity contribution in [2.45, 2.75) is 12.2 Å². The van der Waals surface area contributed by atoms with Crippen LogP contribution in [0.5, 0.6) is 17.2 Å². The number of aliphatic hydroxyl groups is 1. The number of phenols is 2. The van der Waals surface area contributed by atoms with Crippen LogP contribution < -0.4 is 4.74 Å². The van der Waals surface area contributed by atoms with Gasteiger partial charge in [0.15, 0.2) is 0 Å². The van der Waals surface area contributed by atoms with Crippen LogP contribution >= 0.6 is 0 Å². The lowest BCUT2D eigenvalue weighted by atomic mass is 9.99. The molecule has 0 spiro atoms. The first-order valence-electron chi connectivity index (χ1n) is 6.05. The van der Waals surface area contributed by atoms with E-state index in [1.54, 1.807) is 12.1 Å². The Morgan fingerprint density at radius 2 is 1.65 bits per heavy atom. The van der Waals surface area contributed by atoms with E-state index in [1.165, 1.54) is 30.3 Å². The normalized spacial score (nSPS) is 20.6. The Morgan fingerprint density at radius 3 is 2.35 bits per heavy atom. The molecule has 1 atom stereocenters. The summed E-state index contributed by atoms with van der Waals surface area (Å²) in [7, 11) is 0. The monoisotopic (exact) mass is 272 g/mol. The number of carbonyl (C=O) groups is 1. The third kappa shape index (κ3) is 1.98. The fraction of sp³-hybridized carbons (Fsp3) is 0.133. The van der Waals surface area contributed by atoms with Crippen LogP contribution in [0.15, 0.2) is 42.5 Å². The van der Waals surface area contributed by atoms with Gasteiger partial charge in [-0.2, -0.15) is 0 Å². The molecule has 0 bridgehead atoms. The number of fused-ring (bicyclic) bond motifs is 1. The Labute approximate surface area is 114 Å². The fourth-order valence-electron chi connectivity index (χ4n) is 2.23. The fourth-order valence-corrected chi connectivity index (χ4v) is 2.23. The van der Waals surface area contributed by atoms with Gasteiger partial charge in [0.25, 0.3) is 5.79 Å². The molecular formula is C15H12O5. The minimum absolute atomic E-state index is 0.0366. The maximum absolute atomic E-state index is 12.2. The molecule has 1 unspecified atom stereocenters. The number of ether oxygens (including phenoxy) is 1. The zero-order valence-electron chi connectivity index (χ0n) is 10.4. The molecule has 1 heterocycles. The Bertz CT molecular complexity index is 677. The predicted octanol–water partition coefficient (Wildman–Crippen LogP) is 1.60. The third-order valence-corrected chi connectivity index (χ3v) is 3.22. The topological polar surface area (TPSA) is 87.0 Å². The highest BCUT2D eigenvalue weighted by atomic mass is 16.6. The number of phenolic OH excluding ortho intramolecular Hbond substituents is 2. The Morgan fingerprint density at radius 1 is 1.00 bits per heavy atom. The van der Waals surface area contributed by atoms with Crippen LogP contribution in [0.3, 0.4) is 0 Å². The average Bonchev–Trinajstić information content (AvgIpc) is 2.64. The number of Topliss-reactive ketones (excluding diaryl/α,β-unsaturated/α-hetero) is 1. The molecule has 1 aliphatic heterocycles. The van der Waals surface area contributed by atoms with E-state index in [0.717, 1.165) is 0 Å². The third-order valence-electron chi connectivity index (χ3n) is 3.22. The molecule has 3 rings (SSSR count). The molecule has 3 N–H and O–H groups in total. The first-order chi connectivity index (χ1) is 9.48. The molecule has 0 saturated heterocycles. The smallest absolute Gasteiger partial charge is 0.276 e. The molecule has 5 heteroatoms. The summed E-state index contributed by atoms with van der Waals surface area (Å²) in [6.07, 6.45) is -0.0401. The minimum atomic E-state index is -1.98. The van der Waals surface area contributed by atoms with Crippen molar-refractivity contribution in [3.63, 3.8) is 0 Å². The van der Waals surface area contributed by atoms with Gasteiger partial charge in [0.2, 0.25) is 5.78 Å². The molecule has 0 aliphatic carbocycles. The maximum atomic E-state index is 12.2. The minimum Gasteiger partial charge on any atom is -0.508 e. The summed E-state index contributed by atoms with van der Waals surface area (Å²) in [4.78, 5) is 12.2. The lowest BCUT2D eigenvalue weighted by Crippen LogP contribution is -2.42. The van der Waals surface area contributed by atoms with Gasteiger partial charge in [0.1, 0.15) is 17.2 Å². The number of hydrogen-bond acceptors (Lipinski definition) is 5. The first kappa shape index (κ1) is 12.5. The molecular weight excluding hydrogens is 260 g/mol. The van der Waals surface area contributed by atoms with Gasteiger partial charge in [0.05, 0.1) is 5.56 Å². The van der Waals surface area contributed by atoms with Crippen LogP contribution in [0, 0.1) is 0 Å². The maximum Gasteiger partial charge on any atom is 0.276 e. The molecule has 20 heavy (non-hydrogen) atoms. The number of benzene rings is 2. The highest BCUT2D eigenvalue weighted by molar-refractivity contribution is 6.06. The molecule has 2 aromatic carbocycles. The van der Waals surface area contributed by atoms with Gasteiger partial charge in [-0.15, -0.1) is 0 Å². The Hall–Kier alpha value is -2.53. The molecule has 5 nitrogen and oxygen atoms in total. The van der Waals surface area contributed by atoms with Gasteiger partial charge in [0, 0.05) is 12.5 Å². The zero-order chi connectivity index (χ0) is 14.3. The van der Waals surface area contributed by atoms with Crippen molar-refractivity contribution in [1.29, 1.82) is 0 Å². The molecule has 0 saturated carbocycles. The lowest BCUT2D eigenvalue weighted by Gasteiger charge is -2.20. The van der Waals surface area contributed by atoms with Gasteiger partial charge in [-0.3, -0.25) is 4.79 Å². The van der Waals surface area contributed by atoms with E-state index in [2.05, 4.69) is 0 Å². The second kappa shape index (κ2) is 4.25. The first-order valence-corrected chi connectivity index (χ1v) is 6.05. The van der Waals surface area contributed by atoms with Gasteiger partial charge in [-0.25, -0.2) is 0 Å². The van der Waals surface area contributed by atoms with E-state index in [1.807, 2.05) is 0 Å². The Kier molecular flexibility index (Phi) is 2.65. The highest BCUT2D eigenvalue weighted by Gasteiger charge is 2.46. The van der Waals surface area contributed by atoms with E-state index >= 15 is 0 Å². The van der Waals surface area contributed by atoms with E-state index in [0.29, 0.717) is 5.56 Å². The summed E-state index contributed by atoms with van der Waals surface area (Å²) in [5.41, 5.74) is 0.889. The summed E-state index contributed by atoms with van der Waals surface area (Å²) in [5, 5.41) is 29.0. The van der Waals surface area contributed by atoms with Crippen molar-refractivity contribution in [2.75, 3.05) is 0 Å². The summed E-state index contributed by atoms with van der Waals surface area (Å²) in [6.45, 7) is 0. The van der Waals surface area contributed by atoms with Crippen molar-refractivity contribution >= 4 is 5.78 Å². The van der Waals surface area contributed by atoms with Crippen LogP contribution in [0.1, 0.15) is 15.9 Å². The number of aromatic hydroxyl groups is 2. The van der Waals surface area contributed by atoms with Crippen molar-refractivity contribution in [1.82, 2.24) is 0 Å². The van der Waals surface area contributed by atoms with Gasteiger partial charge in [-0.05, 0) is 29.8 Å². The predicted molar refractivity (Wildman–Crippen MR) is 69.8 cm³/mol. The van der Waals surface area contributed by atoms with E-state index in [-0.39, 0.29) is 29.2 Å². The molecule has 0 radical (unpaired) electrons. The van der Waals surface area contributed by atoms with Crippen LogP contribution in [0.2, 0.25) is 0 Å². The molecule has 0 aromatic heterocycles. The standard InChI is InChI=1S/C15H12O5/c16-10-3-1-9(2-4-10)8-15(19)14(18)12-6-5-11(17)7-13(12)20-15/h1-7,16-17,19H,8H2. The average molecular weight is 272 g/mol. The second-order valence-electron chi connectivity index (χ2n) is 4.74. The van der Waals surface area contributed by atoms with Crippen LogP contribution in [-0.2, 0) is 6.42 Å². The van der Waals surface area contributed by atoms with E-state index in [9.17, 15) is 20.1 Å². The van der Waals surface area contributed by atoms with Crippen LogP contribution in [-0.4, -0.2) is 26.9 Å². The summed E-state index contributed by atoms with van der Waals surface area (Å²) in [6, 6.07) is 10.2. The number of hydrogen-bond donors (Lipinski definition) is 3. The van der Waals surface area contributed by atoms with Crippen molar-refractivity contribution < 1.29 is 24.9 Å². The number of carbonyl (C=O) groups excluding carboxylic acids is 1. The number of ketones is 1. The Balaban J connectivity index is 1.91. The van der Waals surface area contributed by atoms with Gasteiger partial charge < -0.3 is 20.1 Å². The van der Waals surface area contributed by atoms with Crippen LogP contribution in [0.4, 0.5) is 0 Å². The molecule has 2 aromatic rings. The van der Waals surface area contributed by atoms with Gasteiger partial charge >= 0.3 is 0 Å². The quantitative estimate of drug-likeness (QED) is 0.773. The molecule has 0 amide bonds. The lowest BCUT2D eigenvalue weighted by molar-refractivity contribution is -0.0888.